The Morgan fingerprint density at radius 2 is 2.06 bits per heavy atom. The third-order valence-corrected chi connectivity index (χ3v) is 2.83. The Bertz CT molecular complexity index is 540. The van der Waals surface area contributed by atoms with Gasteiger partial charge in [0.25, 0.3) is 0 Å². The topological polar surface area (TPSA) is 55.0 Å². The first-order valence-electron chi connectivity index (χ1n) is 5.13. The van der Waals surface area contributed by atoms with Crippen molar-refractivity contribution in [1.82, 2.24) is 9.97 Å². The van der Waals surface area contributed by atoms with Crippen LogP contribution in [0.15, 0.2) is 34.9 Å². The van der Waals surface area contributed by atoms with E-state index in [1.807, 2.05) is 43.3 Å². The number of halogens is 1. The lowest BCUT2D eigenvalue weighted by Crippen LogP contribution is -2.13. The number of hydrogen-bond acceptors (Lipinski definition) is 4. The minimum atomic E-state index is 0.488. The molecular formula is C12H13BrN4. The van der Waals surface area contributed by atoms with Crippen LogP contribution in [0.3, 0.4) is 0 Å². The van der Waals surface area contributed by atoms with Crippen LogP contribution in [0.25, 0.3) is 11.1 Å². The summed E-state index contributed by atoms with van der Waals surface area (Å²) < 4.78 is 1.01. The molecule has 17 heavy (non-hydrogen) atoms. The van der Waals surface area contributed by atoms with Gasteiger partial charge in [-0.25, -0.2) is 4.98 Å². The first kappa shape index (κ1) is 11.9. The molecule has 2 aromatic rings. The number of aromatic nitrogens is 2. The lowest BCUT2D eigenvalue weighted by molar-refractivity contribution is 1.00. The zero-order chi connectivity index (χ0) is 12.4. The van der Waals surface area contributed by atoms with E-state index >= 15 is 0 Å². The maximum atomic E-state index is 5.95. The fourth-order valence-electron chi connectivity index (χ4n) is 1.48. The molecule has 2 N–H and O–H groups in total. The summed E-state index contributed by atoms with van der Waals surface area (Å²) in [7, 11) is 3.76. The zero-order valence-corrected chi connectivity index (χ0v) is 11.3. The third-order valence-electron chi connectivity index (χ3n) is 2.34. The van der Waals surface area contributed by atoms with Crippen molar-refractivity contribution in [2.24, 2.45) is 0 Å². The van der Waals surface area contributed by atoms with Gasteiger partial charge in [0.2, 0.25) is 5.95 Å². The number of benzene rings is 1. The van der Waals surface area contributed by atoms with Gasteiger partial charge in [0.15, 0.2) is 0 Å². The molecule has 0 amide bonds. The van der Waals surface area contributed by atoms with E-state index in [1.54, 1.807) is 6.20 Å². The summed E-state index contributed by atoms with van der Waals surface area (Å²) in [5.74, 6) is 1.10. The van der Waals surface area contributed by atoms with Crippen molar-refractivity contribution in [1.29, 1.82) is 0 Å². The molecule has 2 rings (SSSR count). The van der Waals surface area contributed by atoms with E-state index in [9.17, 15) is 0 Å². The second kappa shape index (κ2) is 4.71. The van der Waals surface area contributed by atoms with Crippen LogP contribution in [-0.4, -0.2) is 24.1 Å². The molecule has 5 heteroatoms. The van der Waals surface area contributed by atoms with E-state index in [1.165, 1.54) is 0 Å². The Hall–Kier alpha value is -1.62. The van der Waals surface area contributed by atoms with Crippen LogP contribution < -0.4 is 10.6 Å². The molecule has 0 aliphatic heterocycles. The maximum Gasteiger partial charge on any atom is 0.226 e. The standard InChI is InChI=1S/C12H13BrN4/c1-17(2)12-15-7-10(11(14)16-12)8-4-3-5-9(13)6-8/h3-7H,1-2H3,(H2,14,15,16). The Labute approximate surface area is 109 Å². The minimum absolute atomic E-state index is 0.488. The van der Waals surface area contributed by atoms with E-state index in [0.717, 1.165) is 15.6 Å². The lowest BCUT2D eigenvalue weighted by Gasteiger charge is -2.12. The molecule has 1 aromatic carbocycles. The molecule has 0 saturated heterocycles. The van der Waals surface area contributed by atoms with Gasteiger partial charge < -0.3 is 10.6 Å². The van der Waals surface area contributed by atoms with Crippen molar-refractivity contribution < 1.29 is 0 Å². The molecule has 0 saturated carbocycles. The summed E-state index contributed by atoms with van der Waals surface area (Å²) in [6.07, 6.45) is 1.75. The van der Waals surface area contributed by atoms with Crippen molar-refractivity contribution in [3.8, 4) is 11.1 Å². The van der Waals surface area contributed by atoms with Crippen LogP contribution in [0.2, 0.25) is 0 Å². The Balaban J connectivity index is 2.47. The van der Waals surface area contributed by atoms with Crippen molar-refractivity contribution in [2.45, 2.75) is 0 Å². The summed E-state index contributed by atoms with van der Waals surface area (Å²) in [4.78, 5) is 10.3. The van der Waals surface area contributed by atoms with Gasteiger partial charge in [-0.05, 0) is 17.7 Å². The van der Waals surface area contributed by atoms with Gasteiger partial charge in [0.1, 0.15) is 5.82 Å². The molecular weight excluding hydrogens is 280 g/mol. The monoisotopic (exact) mass is 292 g/mol. The predicted molar refractivity (Wildman–Crippen MR) is 73.9 cm³/mol. The number of nitrogen functional groups attached to an aromatic ring is 1. The number of rotatable bonds is 2. The molecule has 0 aliphatic carbocycles. The highest BCUT2D eigenvalue weighted by Gasteiger charge is 2.07. The molecule has 4 nitrogen and oxygen atoms in total. The molecule has 0 bridgehead atoms. The van der Waals surface area contributed by atoms with E-state index in [-0.39, 0.29) is 0 Å². The van der Waals surface area contributed by atoms with Crippen LogP contribution >= 0.6 is 15.9 Å². The van der Waals surface area contributed by atoms with Crippen LogP contribution in [0.5, 0.6) is 0 Å². The number of hydrogen-bond donors (Lipinski definition) is 1. The fourth-order valence-corrected chi connectivity index (χ4v) is 1.88. The summed E-state index contributed by atoms with van der Waals surface area (Å²) in [5.41, 5.74) is 7.79. The molecule has 0 atom stereocenters. The maximum absolute atomic E-state index is 5.95. The number of anilines is 2. The normalized spacial score (nSPS) is 10.3. The van der Waals surface area contributed by atoms with Crippen LogP contribution in [0, 0.1) is 0 Å². The van der Waals surface area contributed by atoms with Crippen molar-refractivity contribution >= 4 is 27.7 Å². The van der Waals surface area contributed by atoms with Crippen molar-refractivity contribution in [3.05, 3.63) is 34.9 Å². The van der Waals surface area contributed by atoms with E-state index in [4.69, 9.17) is 5.73 Å². The molecule has 0 unspecified atom stereocenters. The number of nitrogens with two attached hydrogens (primary N) is 1. The van der Waals surface area contributed by atoms with E-state index in [2.05, 4.69) is 25.9 Å². The van der Waals surface area contributed by atoms with Crippen LogP contribution in [-0.2, 0) is 0 Å². The van der Waals surface area contributed by atoms with Gasteiger partial charge in [-0.1, -0.05) is 28.1 Å². The molecule has 1 aromatic heterocycles. The fraction of sp³-hybridized carbons (Fsp3) is 0.167. The molecule has 0 radical (unpaired) electrons. The highest BCUT2D eigenvalue weighted by Crippen LogP contribution is 2.27. The summed E-state index contributed by atoms with van der Waals surface area (Å²) in [6, 6.07) is 7.90. The summed E-state index contributed by atoms with van der Waals surface area (Å²) in [6.45, 7) is 0. The van der Waals surface area contributed by atoms with E-state index < -0.39 is 0 Å². The van der Waals surface area contributed by atoms with Gasteiger partial charge in [-0.3, -0.25) is 0 Å². The second-order valence-corrected chi connectivity index (χ2v) is 4.79. The molecule has 0 spiro atoms. The highest BCUT2D eigenvalue weighted by atomic mass is 79.9. The van der Waals surface area contributed by atoms with E-state index in [0.29, 0.717) is 11.8 Å². The molecule has 0 aliphatic rings. The molecule has 1 heterocycles. The van der Waals surface area contributed by atoms with Gasteiger partial charge in [0, 0.05) is 30.3 Å². The number of nitrogens with zero attached hydrogens (tertiary/aromatic N) is 3. The van der Waals surface area contributed by atoms with Gasteiger partial charge in [0.05, 0.1) is 0 Å². The largest absolute Gasteiger partial charge is 0.383 e. The summed E-state index contributed by atoms with van der Waals surface area (Å²) >= 11 is 3.43. The minimum Gasteiger partial charge on any atom is -0.383 e. The molecule has 88 valence electrons. The Morgan fingerprint density at radius 3 is 2.65 bits per heavy atom. The third kappa shape index (κ3) is 2.55. The van der Waals surface area contributed by atoms with Crippen LogP contribution in [0.4, 0.5) is 11.8 Å². The SMILES string of the molecule is CN(C)c1ncc(-c2cccc(Br)c2)c(N)n1. The first-order chi connectivity index (χ1) is 8.08. The zero-order valence-electron chi connectivity index (χ0n) is 9.68. The van der Waals surface area contributed by atoms with Crippen molar-refractivity contribution in [2.75, 3.05) is 24.7 Å². The summed E-state index contributed by atoms with van der Waals surface area (Å²) in [5, 5.41) is 0. The average Bonchev–Trinajstić information content (AvgIpc) is 2.28. The second-order valence-electron chi connectivity index (χ2n) is 3.87. The van der Waals surface area contributed by atoms with Gasteiger partial charge in [-0.2, -0.15) is 4.98 Å². The smallest absolute Gasteiger partial charge is 0.226 e. The highest BCUT2D eigenvalue weighted by molar-refractivity contribution is 9.10. The quantitative estimate of drug-likeness (QED) is 0.924. The van der Waals surface area contributed by atoms with Gasteiger partial charge >= 0.3 is 0 Å². The first-order valence-corrected chi connectivity index (χ1v) is 5.93. The predicted octanol–water partition coefficient (Wildman–Crippen LogP) is 2.55. The lowest BCUT2D eigenvalue weighted by atomic mass is 10.1. The Kier molecular flexibility index (Phi) is 3.28. The van der Waals surface area contributed by atoms with Crippen molar-refractivity contribution in [3.63, 3.8) is 0 Å². The van der Waals surface area contributed by atoms with Crippen LogP contribution in [0.1, 0.15) is 0 Å². The average molecular weight is 293 g/mol. The molecule has 0 fully saturated rings. The Morgan fingerprint density at radius 1 is 1.29 bits per heavy atom. The van der Waals surface area contributed by atoms with Gasteiger partial charge in [-0.15, -0.1) is 0 Å².